The molecule has 6 heteroatoms. The Kier molecular flexibility index (Phi) is 4.00. The van der Waals surface area contributed by atoms with Crippen molar-refractivity contribution in [3.63, 3.8) is 0 Å². The van der Waals surface area contributed by atoms with Crippen LogP contribution in [0.25, 0.3) is 0 Å². The Bertz CT molecular complexity index is 443. The normalized spacial score (nSPS) is 17.8. The van der Waals surface area contributed by atoms with Gasteiger partial charge >= 0.3 is 6.03 Å². The van der Waals surface area contributed by atoms with Crippen LogP contribution in [0, 0.1) is 0 Å². The van der Waals surface area contributed by atoms with Gasteiger partial charge in [-0.25, -0.2) is 9.63 Å². The molecule has 1 atom stereocenters. The Morgan fingerprint density at radius 2 is 1.89 bits per heavy atom. The molecule has 0 aliphatic carbocycles. The van der Waals surface area contributed by atoms with Gasteiger partial charge in [-0.1, -0.05) is 29.3 Å². The molecule has 1 fully saturated rings. The van der Waals surface area contributed by atoms with E-state index in [1.54, 1.807) is 23.1 Å². The molecule has 2 amide bonds. The summed E-state index contributed by atoms with van der Waals surface area (Å²) in [6, 6.07) is 5.04. The zero-order valence-corrected chi connectivity index (χ0v) is 11.7. The fraction of sp³-hybridized carbons (Fsp3) is 0.417. The first-order valence-corrected chi connectivity index (χ1v) is 6.54. The molecule has 1 unspecified atom stereocenters. The van der Waals surface area contributed by atoms with Crippen molar-refractivity contribution in [3.8, 4) is 0 Å². The summed E-state index contributed by atoms with van der Waals surface area (Å²) in [6.07, 6.45) is -0.473. The van der Waals surface area contributed by atoms with E-state index >= 15 is 0 Å². The molecule has 2 rings (SSSR count). The van der Waals surface area contributed by atoms with Gasteiger partial charge in [0.2, 0.25) is 6.23 Å². The summed E-state index contributed by atoms with van der Waals surface area (Å²) in [5, 5.41) is 2.30. The average Bonchev–Trinajstić information content (AvgIpc) is 3.10. The predicted octanol–water partition coefficient (Wildman–Crippen LogP) is 3.70. The monoisotopic (exact) mass is 288 g/mol. The second-order valence-electron chi connectivity index (χ2n) is 3.87. The van der Waals surface area contributed by atoms with Gasteiger partial charge < -0.3 is 4.90 Å². The first-order valence-electron chi connectivity index (χ1n) is 5.79. The van der Waals surface area contributed by atoms with Crippen LogP contribution < -0.4 is 0 Å². The van der Waals surface area contributed by atoms with Crippen LogP contribution in [-0.2, 0) is 4.84 Å². The van der Waals surface area contributed by atoms with Crippen molar-refractivity contribution in [1.82, 2.24) is 9.96 Å². The fourth-order valence-corrected chi connectivity index (χ4v) is 2.36. The molecule has 1 saturated heterocycles. The van der Waals surface area contributed by atoms with Crippen LogP contribution in [-0.4, -0.2) is 29.1 Å². The van der Waals surface area contributed by atoms with Crippen molar-refractivity contribution in [2.45, 2.75) is 20.1 Å². The van der Waals surface area contributed by atoms with Gasteiger partial charge in [-0.3, -0.25) is 0 Å². The first-order chi connectivity index (χ1) is 8.60. The highest BCUT2D eigenvalue weighted by Gasteiger charge is 2.46. The van der Waals surface area contributed by atoms with Gasteiger partial charge in [0.25, 0.3) is 0 Å². The lowest BCUT2D eigenvalue weighted by Crippen LogP contribution is -2.34. The van der Waals surface area contributed by atoms with E-state index in [2.05, 4.69) is 0 Å². The zero-order valence-electron chi connectivity index (χ0n) is 10.2. The molecule has 0 N–H and O–H groups in total. The van der Waals surface area contributed by atoms with Crippen LogP contribution in [0.1, 0.15) is 25.6 Å². The lowest BCUT2D eigenvalue weighted by molar-refractivity contribution is 0.142. The predicted molar refractivity (Wildman–Crippen MR) is 70.4 cm³/mol. The van der Waals surface area contributed by atoms with E-state index in [4.69, 9.17) is 28.0 Å². The highest BCUT2D eigenvalue weighted by atomic mass is 35.5. The number of hydrogen-bond donors (Lipinski definition) is 0. The lowest BCUT2D eigenvalue weighted by Gasteiger charge is -2.17. The molecule has 98 valence electrons. The number of amides is 2. The van der Waals surface area contributed by atoms with Gasteiger partial charge in [0, 0.05) is 28.7 Å². The highest BCUT2D eigenvalue weighted by molar-refractivity contribution is 6.36. The minimum atomic E-state index is -0.473. The molecule has 1 aromatic carbocycles. The first kappa shape index (κ1) is 13.5. The van der Waals surface area contributed by atoms with E-state index < -0.39 is 6.23 Å². The van der Waals surface area contributed by atoms with Gasteiger partial charge in [0.05, 0.1) is 0 Å². The topological polar surface area (TPSA) is 35.9 Å². The SMILES string of the molecule is CCN(CC)C(=O)N1OC1c1c(Cl)cccc1Cl. The Hall–Kier alpha value is -0.970. The summed E-state index contributed by atoms with van der Waals surface area (Å²) in [5.74, 6) is 0. The van der Waals surface area contributed by atoms with Crippen molar-refractivity contribution < 1.29 is 9.63 Å². The van der Waals surface area contributed by atoms with Gasteiger partial charge in [0.1, 0.15) is 0 Å². The third-order valence-electron chi connectivity index (χ3n) is 2.85. The maximum atomic E-state index is 12.0. The maximum Gasteiger partial charge on any atom is 0.346 e. The number of nitrogens with zero attached hydrogens (tertiary/aromatic N) is 2. The molecule has 0 saturated carbocycles. The molecule has 1 aliphatic rings. The van der Waals surface area contributed by atoms with Gasteiger partial charge in [-0.05, 0) is 26.0 Å². The van der Waals surface area contributed by atoms with Crippen molar-refractivity contribution >= 4 is 29.2 Å². The average molecular weight is 289 g/mol. The van der Waals surface area contributed by atoms with Crippen LogP contribution in [0.4, 0.5) is 4.79 Å². The summed E-state index contributed by atoms with van der Waals surface area (Å²) < 4.78 is 0. The number of rotatable bonds is 3. The second kappa shape index (κ2) is 5.34. The van der Waals surface area contributed by atoms with E-state index in [0.29, 0.717) is 28.7 Å². The van der Waals surface area contributed by atoms with Crippen LogP contribution in [0.3, 0.4) is 0 Å². The lowest BCUT2D eigenvalue weighted by atomic mass is 10.2. The molecule has 0 aromatic heterocycles. The Morgan fingerprint density at radius 3 is 2.39 bits per heavy atom. The number of urea groups is 1. The Balaban J connectivity index is 2.14. The highest BCUT2D eigenvalue weighted by Crippen LogP contribution is 2.44. The molecule has 1 aromatic rings. The molecule has 18 heavy (non-hydrogen) atoms. The number of benzene rings is 1. The summed E-state index contributed by atoms with van der Waals surface area (Å²) in [7, 11) is 0. The maximum absolute atomic E-state index is 12.0. The van der Waals surface area contributed by atoms with E-state index in [1.807, 2.05) is 13.8 Å². The third-order valence-corrected chi connectivity index (χ3v) is 3.51. The van der Waals surface area contributed by atoms with E-state index in [0.717, 1.165) is 0 Å². The second-order valence-corrected chi connectivity index (χ2v) is 4.69. The zero-order chi connectivity index (χ0) is 13.3. The number of carbonyl (C=O) groups excluding carboxylic acids is 1. The molecule has 0 bridgehead atoms. The fourth-order valence-electron chi connectivity index (χ4n) is 1.78. The Labute approximate surface area is 116 Å². The molecular formula is C12H14Cl2N2O2. The van der Waals surface area contributed by atoms with Crippen LogP contribution in [0.15, 0.2) is 18.2 Å². The summed E-state index contributed by atoms with van der Waals surface area (Å²) in [5.41, 5.74) is 0.640. The van der Waals surface area contributed by atoms with Crippen molar-refractivity contribution in [2.75, 3.05) is 13.1 Å². The quantitative estimate of drug-likeness (QED) is 0.795. The Morgan fingerprint density at radius 1 is 1.33 bits per heavy atom. The van der Waals surface area contributed by atoms with Crippen molar-refractivity contribution in [1.29, 1.82) is 0 Å². The molecule has 4 nitrogen and oxygen atoms in total. The van der Waals surface area contributed by atoms with E-state index in [9.17, 15) is 4.79 Å². The summed E-state index contributed by atoms with van der Waals surface area (Å²) >= 11 is 12.1. The van der Waals surface area contributed by atoms with Gasteiger partial charge in [-0.15, -0.1) is 0 Å². The standard InChI is InChI=1S/C12H14Cl2N2O2/c1-3-15(4-2)12(17)16-11(18-16)10-8(13)6-5-7-9(10)14/h5-7,11H,3-4H2,1-2H3. The van der Waals surface area contributed by atoms with E-state index in [-0.39, 0.29) is 6.03 Å². The smallest absolute Gasteiger partial charge is 0.323 e. The molecule has 1 heterocycles. The number of hydrogen-bond acceptors (Lipinski definition) is 2. The van der Waals surface area contributed by atoms with Gasteiger partial charge in [0.15, 0.2) is 0 Å². The van der Waals surface area contributed by atoms with Crippen LogP contribution >= 0.6 is 23.2 Å². The van der Waals surface area contributed by atoms with Crippen LogP contribution in [0.2, 0.25) is 10.0 Å². The van der Waals surface area contributed by atoms with Crippen LogP contribution in [0.5, 0.6) is 0 Å². The molecule has 0 spiro atoms. The van der Waals surface area contributed by atoms with Crippen molar-refractivity contribution in [2.24, 2.45) is 0 Å². The molecule has 1 aliphatic heterocycles. The summed E-state index contributed by atoms with van der Waals surface area (Å²) in [4.78, 5) is 19.0. The largest absolute Gasteiger partial charge is 0.346 e. The molecular weight excluding hydrogens is 275 g/mol. The third kappa shape index (κ3) is 2.41. The minimum absolute atomic E-state index is 0.166. The summed E-state index contributed by atoms with van der Waals surface area (Å²) in [6.45, 7) is 5.11. The number of carbonyl (C=O) groups is 1. The number of hydroxylamine groups is 2. The number of halogens is 2. The molecule has 0 radical (unpaired) electrons. The van der Waals surface area contributed by atoms with Gasteiger partial charge in [-0.2, -0.15) is 5.06 Å². The van der Waals surface area contributed by atoms with E-state index in [1.165, 1.54) is 5.06 Å². The minimum Gasteiger partial charge on any atom is -0.323 e. The van der Waals surface area contributed by atoms with Crippen molar-refractivity contribution in [3.05, 3.63) is 33.8 Å².